The van der Waals surface area contributed by atoms with Crippen LogP contribution in [0.5, 0.6) is 0 Å². The van der Waals surface area contributed by atoms with Gasteiger partial charge >= 0.3 is 0 Å². The summed E-state index contributed by atoms with van der Waals surface area (Å²) in [6.45, 7) is 2.16. The fraction of sp³-hybridized carbons (Fsp3) is 0.385. The third-order valence-electron chi connectivity index (χ3n) is 2.96. The predicted octanol–water partition coefficient (Wildman–Crippen LogP) is 1.65. The maximum atomic E-state index is 12.2. The van der Waals surface area contributed by atoms with Crippen molar-refractivity contribution in [3.05, 3.63) is 24.3 Å². The second-order valence-corrected chi connectivity index (χ2v) is 5.11. The number of hydrogen-bond acceptors (Lipinski definition) is 3. The number of thioether (sulfide) groups is 1. The minimum absolute atomic E-state index is 0.0576. The van der Waals surface area contributed by atoms with Crippen LogP contribution in [-0.2, 0) is 9.59 Å². The Kier molecular flexibility index (Phi) is 3.91. The maximum absolute atomic E-state index is 12.2. The smallest absolute Gasteiger partial charge is 0.249 e. The lowest BCUT2D eigenvalue weighted by Crippen LogP contribution is -2.42. The Morgan fingerprint density at radius 2 is 1.94 bits per heavy atom. The van der Waals surface area contributed by atoms with E-state index in [0.29, 0.717) is 13.0 Å². The quantitative estimate of drug-likeness (QED) is 0.826. The van der Waals surface area contributed by atoms with Gasteiger partial charge in [0, 0.05) is 23.5 Å². The van der Waals surface area contributed by atoms with Gasteiger partial charge in [-0.15, -0.1) is 11.8 Å². The zero-order valence-corrected chi connectivity index (χ0v) is 11.3. The fourth-order valence-corrected chi connectivity index (χ4v) is 2.36. The van der Waals surface area contributed by atoms with Crippen molar-refractivity contribution >= 4 is 29.3 Å². The summed E-state index contributed by atoms with van der Waals surface area (Å²) in [5, 5.41) is 2.68. The summed E-state index contributed by atoms with van der Waals surface area (Å²) in [6, 6.07) is 7.36. The molecule has 1 saturated heterocycles. The highest BCUT2D eigenvalue weighted by Crippen LogP contribution is 2.22. The maximum Gasteiger partial charge on any atom is 0.249 e. The summed E-state index contributed by atoms with van der Waals surface area (Å²) >= 11 is 1.66. The number of amides is 2. The first-order chi connectivity index (χ1) is 8.61. The molecular formula is C13H16N2O2S. The molecule has 1 aliphatic rings. The highest BCUT2D eigenvalue weighted by atomic mass is 32.2. The van der Waals surface area contributed by atoms with E-state index in [0.717, 1.165) is 10.6 Å². The van der Waals surface area contributed by atoms with Gasteiger partial charge < -0.3 is 10.2 Å². The summed E-state index contributed by atoms with van der Waals surface area (Å²) < 4.78 is 0. The van der Waals surface area contributed by atoms with Crippen LogP contribution >= 0.6 is 11.8 Å². The van der Waals surface area contributed by atoms with Gasteiger partial charge in [0.25, 0.3) is 0 Å². The molecule has 2 rings (SSSR count). The fourth-order valence-electron chi connectivity index (χ4n) is 1.95. The number of nitrogens with one attached hydrogen (secondary N) is 1. The van der Waals surface area contributed by atoms with Crippen LogP contribution in [0.2, 0.25) is 0 Å². The summed E-state index contributed by atoms with van der Waals surface area (Å²) in [6.07, 6.45) is 2.36. The van der Waals surface area contributed by atoms with E-state index in [2.05, 4.69) is 5.32 Å². The number of rotatable bonds is 2. The zero-order valence-electron chi connectivity index (χ0n) is 10.5. The van der Waals surface area contributed by atoms with Crippen LogP contribution < -0.4 is 10.2 Å². The van der Waals surface area contributed by atoms with Gasteiger partial charge in [0.15, 0.2) is 0 Å². The monoisotopic (exact) mass is 264 g/mol. The normalized spacial score (nSPS) is 20.6. The Morgan fingerprint density at radius 3 is 2.56 bits per heavy atom. The Balaban J connectivity index is 2.24. The van der Waals surface area contributed by atoms with Crippen LogP contribution in [0.3, 0.4) is 0 Å². The second kappa shape index (κ2) is 5.44. The average Bonchev–Trinajstić information content (AvgIpc) is 2.50. The SMILES string of the molecule is CSc1ccc(N2CCC(=O)NC(C)C2=O)cc1. The van der Waals surface area contributed by atoms with E-state index in [9.17, 15) is 9.59 Å². The van der Waals surface area contributed by atoms with Gasteiger partial charge in [0.2, 0.25) is 11.8 Å². The van der Waals surface area contributed by atoms with Crippen LogP contribution in [0, 0.1) is 0 Å². The minimum atomic E-state index is -0.458. The van der Waals surface area contributed by atoms with Gasteiger partial charge in [-0.2, -0.15) is 0 Å². The standard InChI is InChI=1S/C13H16N2O2S/c1-9-13(17)15(8-7-12(16)14-9)10-3-5-11(18-2)6-4-10/h3-6,9H,7-8H2,1-2H3,(H,14,16). The summed E-state index contributed by atoms with van der Waals surface area (Å²) in [7, 11) is 0. The first-order valence-electron chi connectivity index (χ1n) is 5.86. The molecule has 0 radical (unpaired) electrons. The Bertz CT molecular complexity index is 459. The van der Waals surface area contributed by atoms with E-state index in [-0.39, 0.29) is 11.8 Å². The molecule has 1 aromatic carbocycles. The Morgan fingerprint density at radius 1 is 1.28 bits per heavy atom. The molecule has 0 bridgehead atoms. The minimum Gasteiger partial charge on any atom is -0.345 e. The van der Waals surface area contributed by atoms with Crippen LogP contribution in [-0.4, -0.2) is 30.7 Å². The van der Waals surface area contributed by atoms with Crippen molar-refractivity contribution in [2.75, 3.05) is 17.7 Å². The molecule has 1 aliphatic heterocycles. The first-order valence-corrected chi connectivity index (χ1v) is 7.09. The molecule has 1 aromatic rings. The summed E-state index contributed by atoms with van der Waals surface area (Å²) in [4.78, 5) is 26.4. The van der Waals surface area contributed by atoms with Gasteiger partial charge in [-0.1, -0.05) is 0 Å². The Hall–Kier alpha value is -1.49. The van der Waals surface area contributed by atoms with E-state index in [4.69, 9.17) is 0 Å². The molecule has 0 spiro atoms. The van der Waals surface area contributed by atoms with Crippen LogP contribution in [0.15, 0.2) is 29.2 Å². The first kappa shape index (κ1) is 13.0. The van der Waals surface area contributed by atoms with Crippen molar-refractivity contribution in [1.82, 2.24) is 5.32 Å². The molecule has 0 saturated carbocycles. The number of carbonyl (C=O) groups excluding carboxylic acids is 2. The summed E-state index contributed by atoms with van der Waals surface area (Å²) in [5.74, 6) is -0.128. The van der Waals surface area contributed by atoms with Crippen molar-refractivity contribution in [1.29, 1.82) is 0 Å². The number of hydrogen-bond donors (Lipinski definition) is 1. The van der Waals surface area contributed by atoms with E-state index >= 15 is 0 Å². The van der Waals surface area contributed by atoms with Crippen LogP contribution in [0.4, 0.5) is 5.69 Å². The summed E-state index contributed by atoms with van der Waals surface area (Å²) in [5.41, 5.74) is 0.848. The molecular weight excluding hydrogens is 248 g/mol. The zero-order chi connectivity index (χ0) is 13.1. The van der Waals surface area contributed by atoms with E-state index in [1.54, 1.807) is 23.6 Å². The van der Waals surface area contributed by atoms with Crippen molar-refractivity contribution in [2.45, 2.75) is 24.3 Å². The van der Waals surface area contributed by atoms with Gasteiger partial charge in [-0.05, 0) is 37.4 Å². The number of anilines is 1. The largest absolute Gasteiger partial charge is 0.345 e. The van der Waals surface area contributed by atoms with Crippen LogP contribution in [0.25, 0.3) is 0 Å². The van der Waals surface area contributed by atoms with Crippen molar-refractivity contribution in [2.24, 2.45) is 0 Å². The van der Waals surface area contributed by atoms with Crippen molar-refractivity contribution in [3.63, 3.8) is 0 Å². The highest BCUT2D eigenvalue weighted by molar-refractivity contribution is 7.98. The third kappa shape index (κ3) is 2.67. The van der Waals surface area contributed by atoms with E-state index in [1.165, 1.54) is 0 Å². The van der Waals surface area contributed by atoms with Crippen molar-refractivity contribution in [3.8, 4) is 0 Å². The lowest BCUT2D eigenvalue weighted by molar-refractivity contribution is -0.125. The average molecular weight is 264 g/mol. The molecule has 1 heterocycles. The van der Waals surface area contributed by atoms with Gasteiger partial charge in [0.05, 0.1) is 0 Å². The van der Waals surface area contributed by atoms with Gasteiger partial charge in [-0.25, -0.2) is 0 Å². The second-order valence-electron chi connectivity index (χ2n) is 4.23. The molecule has 1 fully saturated rings. The molecule has 1 unspecified atom stereocenters. The van der Waals surface area contributed by atoms with E-state index in [1.807, 2.05) is 30.5 Å². The van der Waals surface area contributed by atoms with Crippen LogP contribution in [0.1, 0.15) is 13.3 Å². The van der Waals surface area contributed by atoms with Gasteiger partial charge in [0.1, 0.15) is 6.04 Å². The number of carbonyl (C=O) groups is 2. The number of nitrogens with zero attached hydrogens (tertiary/aromatic N) is 1. The van der Waals surface area contributed by atoms with E-state index < -0.39 is 6.04 Å². The van der Waals surface area contributed by atoms with Gasteiger partial charge in [-0.3, -0.25) is 9.59 Å². The molecule has 4 nitrogen and oxygen atoms in total. The lowest BCUT2D eigenvalue weighted by Gasteiger charge is -2.22. The predicted molar refractivity (Wildman–Crippen MR) is 72.8 cm³/mol. The third-order valence-corrected chi connectivity index (χ3v) is 3.70. The molecule has 1 atom stereocenters. The molecule has 5 heteroatoms. The lowest BCUT2D eigenvalue weighted by atomic mass is 10.2. The Labute approximate surface area is 111 Å². The number of benzene rings is 1. The molecule has 0 aliphatic carbocycles. The molecule has 1 N–H and O–H groups in total. The van der Waals surface area contributed by atoms with Crippen molar-refractivity contribution < 1.29 is 9.59 Å². The molecule has 0 aromatic heterocycles. The molecule has 18 heavy (non-hydrogen) atoms. The molecule has 96 valence electrons. The topological polar surface area (TPSA) is 49.4 Å². The highest BCUT2D eigenvalue weighted by Gasteiger charge is 2.27. The molecule has 2 amide bonds.